The lowest BCUT2D eigenvalue weighted by Gasteiger charge is -2.28. The highest BCUT2D eigenvalue weighted by molar-refractivity contribution is 5.99. The van der Waals surface area contributed by atoms with Crippen molar-refractivity contribution in [3.63, 3.8) is 0 Å². The molecule has 1 aliphatic rings. The summed E-state index contributed by atoms with van der Waals surface area (Å²) in [6, 6.07) is 5.75. The molecule has 26 heavy (non-hydrogen) atoms. The van der Waals surface area contributed by atoms with E-state index in [0.29, 0.717) is 43.0 Å². The number of methoxy groups -OCH3 is 1. The van der Waals surface area contributed by atoms with Crippen molar-refractivity contribution in [2.24, 2.45) is 0 Å². The number of hydrogen-bond acceptors (Lipinski definition) is 7. The lowest BCUT2D eigenvalue weighted by molar-refractivity contribution is -0.130. The van der Waals surface area contributed by atoms with Crippen molar-refractivity contribution in [2.45, 2.75) is 6.04 Å². The van der Waals surface area contributed by atoms with Crippen LogP contribution in [0.3, 0.4) is 0 Å². The van der Waals surface area contributed by atoms with Crippen molar-refractivity contribution in [2.75, 3.05) is 40.0 Å². The summed E-state index contributed by atoms with van der Waals surface area (Å²) in [5.74, 6) is -0.566. The fraction of sp³-hybridized carbons (Fsp3) is 0.412. The molecule has 2 aromatic rings. The number of aliphatic hydroxyl groups is 1. The van der Waals surface area contributed by atoms with Crippen LogP contribution in [0, 0.1) is 0 Å². The van der Waals surface area contributed by atoms with Gasteiger partial charge >= 0.3 is 0 Å². The maximum Gasteiger partial charge on any atom is 0.287 e. The molecule has 1 atom stereocenters. The molecule has 140 valence electrons. The largest absolute Gasteiger partial charge is 0.493 e. The van der Waals surface area contributed by atoms with Crippen molar-refractivity contribution in [1.29, 1.82) is 0 Å². The van der Waals surface area contributed by atoms with E-state index in [-0.39, 0.29) is 5.76 Å². The molecular weight excluding hydrogens is 342 g/mol. The topological polar surface area (TPSA) is 113 Å². The predicted molar refractivity (Wildman–Crippen MR) is 91.6 cm³/mol. The van der Waals surface area contributed by atoms with Crippen LogP contribution in [-0.4, -0.2) is 68.0 Å². The number of ether oxygens (including phenoxy) is 2. The molecule has 0 saturated carbocycles. The lowest BCUT2D eigenvalue weighted by Crippen LogP contribution is -2.56. The van der Waals surface area contributed by atoms with Crippen LogP contribution in [0.25, 0.3) is 11.0 Å². The molecular formula is C17H21N3O6. The molecule has 0 unspecified atom stereocenters. The molecule has 0 bridgehead atoms. The maximum atomic E-state index is 12.4. The Balaban J connectivity index is 1.67. The van der Waals surface area contributed by atoms with Crippen LogP contribution in [0.2, 0.25) is 0 Å². The third-order valence-electron chi connectivity index (χ3n) is 4.04. The third kappa shape index (κ3) is 3.96. The van der Waals surface area contributed by atoms with Crippen LogP contribution < -0.4 is 15.5 Å². The number of hydrogen-bond donors (Lipinski definition) is 3. The van der Waals surface area contributed by atoms with Gasteiger partial charge in [0.2, 0.25) is 0 Å². The van der Waals surface area contributed by atoms with Crippen molar-refractivity contribution in [1.82, 2.24) is 15.8 Å². The zero-order valence-electron chi connectivity index (χ0n) is 14.4. The SMILES string of the molecule is COc1cccc2cc(C(=O)N[C@@H](CO)C(=O)NN3CCOCC3)oc12. The van der Waals surface area contributed by atoms with Crippen molar-refractivity contribution >= 4 is 22.8 Å². The first kappa shape index (κ1) is 18.2. The summed E-state index contributed by atoms with van der Waals surface area (Å²) in [7, 11) is 1.51. The Morgan fingerprint density at radius 2 is 2.12 bits per heavy atom. The van der Waals surface area contributed by atoms with Gasteiger partial charge in [-0.2, -0.15) is 0 Å². The number of aliphatic hydroxyl groups excluding tert-OH is 1. The Bertz CT molecular complexity index is 784. The smallest absolute Gasteiger partial charge is 0.287 e. The molecule has 1 saturated heterocycles. The molecule has 0 aliphatic carbocycles. The van der Waals surface area contributed by atoms with Gasteiger partial charge in [0, 0.05) is 18.5 Å². The first-order valence-electron chi connectivity index (χ1n) is 8.24. The maximum absolute atomic E-state index is 12.4. The Morgan fingerprint density at radius 1 is 1.35 bits per heavy atom. The average Bonchev–Trinajstić information content (AvgIpc) is 3.11. The highest BCUT2D eigenvalue weighted by atomic mass is 16.5. The van der Waals surface area contributed by atoms with E-state index in [1.165, 1.54) is 7.11 Å². The summed E-state index contributed by atoms with van der Waals surface area (Å²) in [4.78, 5) is 24.7. The summed E-state index contributed by atoms with van der Waals surface area (Å²) in [6.07, 6.45) is 0. The highest BCUT2D eigenvalue weighted by Crippen LogP contribution is 2.28. The van der Waals surface area contributed by atoms with E-state index in [9.17, 15) is 14.7 Å². The number of morpholine rings is 1. The molecule has 0 spiro atoms. The number of carbonyl (C=O) groups excluding carboxylic acids is 2. The van der Waals surface area contributed by atoms with Gasteiger partial charge in [-0.1, -0.05) is 12.1 Å². The molecule has 9 nitrogen and oxygen atoms in total. The van der Waals surface area contributed by atoms with Gasteiger partial charge in [0.1, 0.15) is 6.04 Å². The zero-order chi connectivity index (χ0) is 18.5. The van der Waals surface area contributed by atoms with Gasteiger partial charge in [-0.25, -0.2) is 5.01 Å². The van der Waals surface area contributed by atoms with Crippen LogP contribution in [-0.2, 0) is 9.53 Å². The molecule has 1 aliphatic heterocycles. The number of carbonyl (C=O) groups is 2. The van der Waals surface area contributed by atoms with Gasteiger partial charge in [0.15, 0.2) is 17.1 Å². The second-order valence-corrected chi connectivity index (χ2v) is 5.77. The van der Waals surface area contributed by atoms with E-state index in [1.54, 1.807) is 29.3 Å². The molecule has 1 aromatic heterocycles. The van der Waals surface area contributed by atoms with E-state index in [0.717, 1.165) is 0 Å². The minimum absolute atomic E-state index is 0.0297. The molecule has 9 heteroatoms. The fourth-order valence-corrected chi connectivity index (χ4v) is 2.64. The summed E-state index contributed by atoms with van der Waals surface area (Å²) >= 11 is 0. The van der Waals surface area contributed by atoms with Crippen molar-refractivity contribution in [3.8, 4) is 5.75 Å². The Kier molecular flexibility index (Phi) is 5.71. The molecule has 0 radical (unpaired) electrons. The molecule has 2 heterocycles. The minimum atomic E-state index is -1.10. The van der Waals surface area contributed by atoms with E-state index in [1.807, 2.05) is 0 Å². The van der Waals surface area contributed by atoms with Crippen molar-refractivity contribution in [3.05, 3.63) is 30.0 Å². The number of hydrazine groups is 1. The molecule has 2 amide bonds. The van der Waals surface area contributed by atoms with Gasteiger partial charge in [0.25, 0.3) is 11.8 Å². The molecule has 1 aromatic carbocycles. The van der Waals surface area contributed by atoms with Gasteiger partial charge in [-0.05, 0) is 12.1 Å². The number of amides is 2. The number of furan rings is 1. The summed E-state index contributed by atoms with van der Waals surface area (Å²) in [5.41, 5.74) is 3.10. The quantitative estimate of drug-likeness (QED) is 0.656. The van der Waals surface area contributed by atoms with Gasteiger partial charge < -0.3 is 24.3 Å². The zero-order valence-corrected chi connectivity index (χ0v) is 14.4. The Morgan fingerprint density at radius 3 is 2.81 bits per heavy atom. The predicted octanol–water partition coefficient (Wildman–Crippen LogP) is -0.105. The number of fused-ring (bicyclic) bond motifs is 1. The first-order chi connectivity index (χ1) is 12.6. The van der Waals surface area contributed by atoms with Crippen LogP contribution in [0.4, 0.5) is 0 Å². The summed E-state index contributed by atoms with van der Waals surface area (Å²) < 4.78 is 16.0. The van der Waals surface area contributed by atoms with Crippen LogP contribution in [0.1, 0.15) is 10.6 Å². The second kappa shape index (κ2) is 8.17. The second-order valence-electron chi connectivity index (χ2n) is 5.77. The summed E-state index contributed by atoms with van der Waals surface area (Å²) in [5, 5.41) is 14.3. The van der Waals surface area contributed by atoms with Crippen LogP contribution in [0.15, 0.2) is 28.7 Å². The van der Waals surface area contributed by atoms with Crippen LogP contribution >= 0.6 is 0 Å². The van der Waals surface area contributed by atoms with E-state index in [2.05, 4.69) is 10.7 Å². The van der Waals surface area contributed by atoms with Crippen LogP contribution in [0.5, 0.6) is 5.75 Å². The van der Waals surface area contributed by atoms with Gasteiger partial charge in [-0.15, -0.1) is 0 Å². The van der Waals surface area contributed by atoms with Crippen molar-refractivity contribution < 1.29 is 28.6 Å². The molecule has 3 rings (SSSR count). The van der Waals surface area contributed by atoms with Gasteiger partial charge in [0.05, 0.1) is 26.9 Å². The monoisotopic (exact) mass is 363 g/mol. The number of nitrogens with one attached hydrogen (secondary N) is 2. The lowest BCUT2D eigenvalue weighted by atomic mass is 10.2. The Hall–Kier alpha value is -2.62. The normalized spacial score (nSPS) is 16.2. The minimum Gasteiger partial charge on any atom is -0.493 e. The summed E-state index contributed by atoms with van der Waals surface area (Å²) in [6.45, 7) is 1.57. The average molecular weight is 363 g/mol. The van der Waals surface area contributed by atoms with Gasteiger partial charge in [-0.3, -0.25) is 15.0 Å². The third-order valence-corrected chi connectivity index (χ3v) is 4.04. The fourth-order valence-electron chi connectivity index (χ4n) is 2.64. The van der Waals surface area contributed by atoms with E-state index in [4.69, 9.17) is 13.9 Å². The number of rotatable bonds is 6. The first-order valence-corrected chi connectivity index (χ1v) is 8.24. The highest BCUT2D eigenvalue weighted by Gasteiger charge is 2.25. The standard InChI is InChI=1S/C17H21N3O6/c1-24-13-4-2-3-11-9-14(26-15(11)13)17(23)18-12(10-21)16(22)19-20-5-7-25-8-6-20/h2-4,9,12,21H,5-8,10H2,1H3,(H,18,23)(H,19,22)/t12-/m0/s1. The van der Waals surface area contributed by atoms with E-state index >= 15 is 0 Å². The molecule has 3 N–H and O–H groups in total. The van der Waals surface area contributed by atoms with E-state index < -0.39 is 24.5 Å². The number of benzene rings is 1. The Labute approximate surface area is 149 Å². The number of nitrogens with zero attached hydrogens (tertiary/aromatic N) is 1. The number of para-hydroxylation sites is 1. The molecule has 1 fully saturated rings.